The Morgan fingerprint density at radius 1 is 1.23 bits per heavy atom. The van der Waals surface area contributed by atoms with Crippen molar-refractivity contribution < 1.29 is 17.9 Å². The highest BCUT2D eigenvalue weighted by molar-refractivity contribution is 8.00. The van der Waals surface area contributed by atoms with Crippen molar-refractivity contribution >= 4 is 39.6 Å². The van der Waals surface area contributed by atoms with Gasteiger partial charge in [-0.3, -0.25) is 9.10 Å². The number of ether oxygens (including phenoxy) is 1. The molecule has 1 aliphatic rings. The first-order valence-corrected chi connectivity index (χ1v) is 12.4. The largest absolute Gasteiger partial charge is 0.489 e. The molecule has 2 aromatic carbocycles. The molecule has 0 atom stereocenters. The molecule has 0 aromatic heterocycles. The molecule has 1 amide bonds. The number of anilines is 1. The van der Waals surface area contributed by atoms with Gasteiger partial charge in [0.15, 0.2) is 0 Å². The molecular formula is C21H25N3O4S2. The molecule has 0 unspecified atom stereocenters. The van der Waals surface area contributed by atoms with Gasteiger partial charge in [-0.1, -0.05) is 12.1 Å². The fourth-order valence-electron chi connectivity index (χ4n) is 2.84. The number of carbonyl (C=O) groups is 1. The zero-order chi connectivity index (χ0) is 21.7. The van der Waals surface area contributed by atoms with Gasteiger partial charge in [0.1, 0.15) is 18.4 Å². The molecular weight excluding hydrogens is 422 g/mol. The molecule has 7 nitrogen and oxygen atoms in total. The highest BCUT2D eigenvalue weighted by Gasteiger charge is 2.22. The van der Waals surface area contributed by atoms with E-state index in [9.17, 15) is 13.2 Å². The lowest BCUT2D eigenvalue weighted by molar-refractivity contribution is -0.119. The van der Waals surface area contributed by atoms with Crippen LogP contribution in [0.15, 0.2) is 47.6 Å². The highest BCUT2D eigenvalue weighted by atomic mass is 32.2. The standard InChI is InChI=1S/C21H25N3O4S2/c1-15-5-4-6-20(16(15)2)24(30(3,26)27)12-21(25)23-22-11-17-7-9-18(10-8-17)28-19-13-29-14-19/h4-11,19H,12-14H2,1-3H3,(H,23,25)/b22-11-. The minimum absolute atomic E-state index is 0.281. The number of aryl methyl sites for hydroxylation is 1. The molecule has 1 saturated heterocycles. The second kappa shape index (κ2) is 9.53. The average Bonchev–Trinajstić information content (AvgIpc) is 2.66. The van der Waals surface area contributed by atoms with Gasteiger partial charge < -0.3 is 4.74 Å². The van der Waals surface area contributed by atoms with Gasteiger partial charge in [-0.15, -0.1) is 0 Å². The van der Waals surface area contributed by atoms with Crippen molar-refractivity contribution in [2.75, 3.05) is 28.6 Å². The Labute approximate surface area is 181 Å². The lowest BCUT2D eigenvalue weighted by Crippen LogP contribution is -2.39. The molecule has 160 valence electrons. The third-order valence-corrected chi connectivity index (χ3v) is 7.07. The minimum atomic E-state index is -3.64. The summed E-state index contributed by atoms with van der Waals surface area (Å²) in [5.41, 5.74) is 5.42. The Hall–Kier alpha value is -2.52. The first-order valence-electron chi connectivity index (χ1n) is 9.44. The van der Waals surface area contributed by atoms with Crippen molar-refractivity contribution in [3.05, 3.63) is 59.2 Å². The van der Waals surface area contributed by atoms with Crippen molar-refractivity contribution in [3.63, 3.8) is 0 Å². The summed E-state index contributed by atoms with van der Waals surface area (Å²) in [5, 5.41) is 3.94. The number of benzene rings is 2. The van der Waals surface area contributed by atoms with E-state index in [4.69, 9.17) is 4.74 Å². The molecule has 30 heavy (non-hydrogen) atoms. The van der Waals surface area contributed by atoms with Crippen LogP contribution in [0.4, 0.5) is 5.69 Å². The summed E-state index contributed by atoms with van der Waals surface area (Å²) in [6.45, 7) is 3.37. The van der Waals surface area contributed by atoms with Gasteiger partial charge in [0.2, 0.25) is 10.0 Å². The lowest BCUT2D eigenvalue weighted by atomic mass is 10.1. The number of amides is 1. The number of nitrogens with zero attached hydrogens (tertiary/aromatic N) is 2. The molecule has 0 bridgehead atoms. The predicted octanol–water partition coefficient (Wildman–Crippen LogP) is 2.71. The molecule has 2 aromatic rings. The SMILES string of the molecule is Cc1cccc(N(CC(=O)N/N=C\c2ccc(OC3CSC3)cc2)S(C)(=O)=O)c1C. The number of hydrogen-bond donors (Lipinski definition) is 1. The Balaban J connectivity index is 1.60. The Morgan fingerprint density at radius 3 is 2.53 bits per heavy atom. The lowest BCUT2D eigenvalue weighted by Gasteiger charge is -2.25. The third kappa shape index (κ3) is 5.76. The maximum Gasteiger partial charge on any atom is 0.260 e. The number of hydrogen-bond acceptors (Lipinski definition) is 6. The predicted molar refractivity (Wildman–Crippen MR) is 122 cm³/mol. The van der Waals surface area contributed by atoms with Crippen LogP contribution in [0.25, 0.3) is 0 Å². The van der Waals surface area contributed by atoms with E-state index in [1.54, 1.807) is 12.1 Å². The van der Waals surface area contributed by atoms with Crippen LogP contribution in [0.5, 0.6) is 5.75 Å². The van der Waals surface area contributed by atoms with Crippen LogP contribution in [0, 0.1) is 13.8 Å². The van der Waals surface area contributed by atoms with Crippen LogP contribution in [0.3, 0.4) is 0 Å². The second-order valence-electron chi connectivity index (χ2n) is 7.13. The number of nitrogens with one attached hydrogen (secondary N) is 1. The number of hydrazone groups is 1. The maximum absolute atomic E-state index is 12.3. The van der Waals surface area contributed by atoms with Crippen LogP contribution >= 0.6 is 11.8 Å². The van der Waals surface area contributed by atoms with E-state index in [0.29, 0.717) is 5.69 Å². The number of rotatable bonds is 8. The molecule has 1 N–H and O–H groups in total. The molecule has 0 radical (unpaired) electrons. The molecule has 0 spiro atoms. The fourth-order valence-corrected chi connectivity index (χ4v) is 4.31. The summed E-state index contributed by atoms with van der Waals surface area (Å²) in [6.07, 6.45) is 2.87. The quantitative estimate of drug-likeness (QED) is 0.497. The van der Waals surface area contributed by atoms with E-state index in [1.165, 1.54) is 6.21 Å². The first kappa shape index (κ1) is 22.2. The minimum Gasteiger partial charge on any atom is -0.489 e. The van der Waals surface area contributed by atoms with Crippen LogP contribution in [0.2, 0.25) is 0 Å². The van der Waals surface area contributed by atoms with Gasteiger partial charge in [-0.2, -0.15) is 16.9 Å². The van der Waals surface area contributed by atoms with E-state index >= 15 is 0 Å². The first-order chi connectivity index (χ1) is 14.2. The van der Waals surface area contributed by atoms with Gasteiger partial charge in [-0.05, 0) is 60.9 Å². The van der Waals surface area contributed by atoms with Gasteiger partial charge in [0, 0.05) is 11.5 Å². The smallest absolute Gasteiger partial charge is 0.260 e. The van der Waals surface area contributed by atoms with E-state index in [-0.39, 0.29) is 12.6 Å². The normalized spacial score (nSPS) is 14.4. The summed E-state index contributed by atoms with van der Waals surface area (Å²) in [5.74, 6) is 2.31. The Morgan fingerprint density at radius 2 is 1.93 bits per heavy atom. The molecule has 1 aliphatic heterocycles. The van der Waals surface area contributed by atoms with Crippen LogP contribution in [-0.4, -0.2) is 50.9 Å². The van der Waals surface area contributed by atoms with Crippen molar-refractivity contribution in [2.45, 2.75) is 20.0 Å². The van der Waals surface area contributed by atoms with Gasteiger partial charge in [-0.25, -0.2) is 13.8 Å². The fraction of sp³-hybridized carbons (Fsp3) is 0.333. The molecule has 0 aliphatic carbocycles. The van der Waals surface area contributed by atoms with E-state index in [0.717, 1.165) is 44.5 Å². The van der Waals surface area contributed by atoms with Crippen molar-refractivity contribution in [3.8, 4) is 5.75 Å². The van der Waals surface area contributed by atoms with Crippen molar-refractivity contribution in [2.24, 2.45) is 5.10 Å². The maximum atomic E-state index is 12.3. The summed E-state index contributed by atoms with van der Waals surface area (Å²) < 4.78 is 31.4. The average molecular weight is 448 g/mol. The third-order valence-electron chi connectivity index (χ3n) is 4.73. The summed E-state index contributed by atoms with van der Waals surface area (Å²) in [6, 6.07) is 12.8. The van der Waals surface area contributed by atoms with Crippen LogP contribution in [-0.2, 0) is 14.8 Å². The number of carbonyl (C=O) groups excluding carboxylic acids is 1. The Kier molecular flexibility index (Phi) is 7.04. The summed E-state index contributed by atoms with van der Waals surface area (Å²) in [7, 11) is -3.64. The van der Waals surface area contributed by atoms with E-state index < -0.39 is 15.9 Å². The highest BCUT2D eigenvalue weighted by Crippen LogP contribution is 2.25. The molecule has 1 fully saturated rings. The zero-order valence-electron chi connectivity index (χ0n) is 17.2. The van der Waals surface area contributed by atoms with Gasteiger partial charge >= 0.3 is 0 Å². The summed E-state index contributed by atoms with van der Waals surface area (Å²) >= 11 is 1.86. The van der Waals surface area contributed by atoms with E-state index in [1.807, 2.05) is 55.9 Å². The van der Waals surface area contributed by atoms with Crippen molar-refractivity contribution in [1.29, 1.82) is 0 Å². The van der Waals surface area contributed by atoms with Crippen molar-refractivity contribution in [1.82, 2.24) is 5.43 Å². The molecule has 1 heterocycles. The summed E-state index contributed by atoms with van der Waals surface area (Å²) in [4.78, 5) is 12.3. The Bertz CT molecular complexity index is 1030. The second-order valence-corrected chi connectivity index (χ2v) is 10.1. The topological polar surface area (TPSA) is 88.1 Å². The number of thioether (sulfide) groups is 1. The van der Waals surface area contributed by atoms with Crippen LogP contribution in [0.1, 0.15) is 16.7 Å². The number of sulfonamides is 1. The molecule has 9 heteroatoms. The van der Waals surface area contributed by atoms with E-state index in [2.05, 4.69) is 10.5 Å². The monoisotopic (exact) mass is 447 g/mol. The van der Waals surface area contributed by atoms with Gasteiger partial charge in [0.05, 0.1) is 18.2 Å². The van der Waals surface area contributed by atoms with Crippen LogP contribution < -0.4 is 14.5 Å². The zero-order valence-corrected chi connectivity index (χ0v) is 18.8. The molecule has 0 saturated carbocycles. The van der Waals surface area contributed by atoms with Gasteiger partial charge in [0.25, 0.3) is 5.91 Å². The molecule has 3 rings (SSSR count).